The molecule has 2 rings (SSSR count). The molecule has 0 aliphatic heterocycles. The van der Waals surface area contributed by atoms with Gasteiger partial charge in [0.2, 0.25) is 5.91 Å². The Morgan fingerprint density at radius 3 is 2.33 bits per heavy atom. The number of rotatable bonds is 4. The van der Waals surface area contributed by atoms with Gasteiger partial charge >= 0.3 is 0 Å². The molecule has 1 saturated carbocycles. The zero-order chi connectivity index (χ0) is 15.4. The van der Waals surface area contributed by atoms with Gasteiger partial charge in [-0.15, -0.1) is 0 Å². The van der Waals surface area contributed by atoms with E-state index in [1.807, 2.05) is 6.92 Å². The highest BCUT2D eigenvalue weighted by molar-refractivity contribution is 9.10. The van der Waals surface area contributed by atoms with Gasteiger partial charge in [0, 0.05) is 16.2 Å². The van der Waals surface area contributed by atoms with Crippen molar-refractivity contribution in [1.29, 1.82) is 0 Å². The number of benzene rings is 1. The third-order valence-electron chi connectivity index (χ3n) is 4.20. The van der Waals surface area contributed by atoms with Gasteiger partial charge in [0.05, 0.1) is 0 Å². The third-order valence-corrected chi connectivity index (χ3v) is 4.66. The molecule has 1 aliphatic rings. The molecule has 1 amide bonds. The first kappa shape index (κ1) is 16.3. The Bertz CT molecular complexity index is 487. The van der Waals surface area contributed by atoms with Crippen molar-refractivity contribution >= 4 is 27.5 Å². The van der Waals surface area contributed by atoms with Crippen LogP contribution in [-0.4, -0.2) is 18.0 Å². The number of aryl methyl sites for hydroxylation is 2. The number of hydrogen-bond acceptors (Lipinski definition) is 2. The van der Waals surface area contributed by atoms with E-state index in [0.29, 0.717) is 6.04 Å². The van der Waals surface area contributed by atoms with E-state index < -0.39 is 0 Å². The molecule has 1 aromatic rings. The minimum atomic E-state index is -0.217. The predicted molar refractivity (Wildman–Crippen MR) is 91.7 cm³/mol. The zero-order valence-corrected chi connectivity index (χ0v) is 14.7. The summed E-state index contributed by atoms with van der Waals surface area (Å²) in [6.45, 7) is 6.05. The van der Waals surface area contributed by atoms with Gasteiger partial charge in [0.15, 0.2) is 0 Å². The van der Waals surface area contributed by atoms with E-state index in [-0.39, 0.29) is 11.9 Å². The Balaban J connectivity index is 1.97. The molecule has 1 aliphatic carbocycles. The van der Waals surface area contributed by atoms with Crippen LogP contribution in [0, 0.1) is 13.8 Å². The summed E-state index contributed by atoms with van der Waals surface area (Å²) in [6.07, 6.45) is 6.01. The second kappa shape index (κ2) is 7.30. The number of halogens is 1. The Morgan fingerprint density at radius 2 is 1.76 bits per heavy atom. The molecule has 0 spiro atoms. The number of carbonyl (C=O) groups is 1. The fourth-order valence-corrected chi connectivity index (χ4v) is 3.68. The van der Waals surface area contributed by atoms with Gasteiger partial charge in [-0.3, -0.25) is 4.79 Å². The normalized spacial score (nSPS) is 17.3. The van der Waals surface area contributed by atoms with Gasteiger partial charge in [-0.25, -0.2) is 0 Å². The molecule has 0 saturated heterocycles. The number of carbonyl (C=O) groups excluding carboxylic acids is 1. The molecule has 1 atom stereocenters. The molecular weight excluding hydrogens is 328 g/mol. The van der Waals surface area contributed by atoms with E-state index in [0.717, 1.165) is 34.1 Å². The Hall–Kier alpha value is -1.03. The van der Waals surface area contributed by atoms with Crippen molar-refractivity contribution in [2.45, 2.75) is 65.0 Å². The van der Waals surface area contributed by atoms with Crippen LogP contribution in [0.1, 0.15) is 50.2 Å². The molecule has 116 valence electrons. The summed E-state index contributed by atoms with van der Waals surface area (Å²) >= 11 is 3.50. The minimum Gasteiger partial charge on any atom is -0.373 e. The maximum Gasteiger partial charge on any atom is 0.242 e. The molecule has 0 aromatic heterocycles. The number of anilines is 1. The molecule has 4 heteroatoms. The lowest BCUT2D eigenvalue weighted by Crippen LogP contribution is -2.44. The van der Waals surface area contributed by atoms with Crippen LogP contribution in [0.4, 0.5) is 5.69 Å². The first-order valence-electron chi connectivity index (χ1n) is 7.81. The highest BCUT2D eigenvalue weighted by Crippen LogP contribution is 2.26. The van der Waals surface area contributed by atoms with Gasteiger partial charge in [-0.1, -0.05) is 35.2 Å². The van der Waals surface area contributed by atoms with E-state index in [4.69, 9.17) is 0 Å². The molecule has 3 nitrogen and oxygen atoms in total. The van der Waals surface area contributed by atoms with Crippen LogP contribution in [0.5, 0.6) is 0 Å². The molecule has 1 aromatic carbocycles. The van der Waals surface area contributed by atoms with E-state index in [1.165, 1.54) is 19.3 Å². The second-order valence-corrected chi connectivity index (χ2v) is 7.04. The topological polar surface area (TPSA) is 41.1 Å². The number of nitrogens with one attached hydrogen (secondary N) is 2. The Kier molecular flexibility index (Phi) is 5.68. The van der Waals surface area contributed by atoms with Crippen LogP contribution in [-0.2, 0) is 4.79 Å². The molecule has 0 bridgehead atoms. The fraction of sp³-hybridized carbons (Fsp3) is 0.588. The van der Waals surface area contributed by atoms with Gasteiger partial charge in [-0.2, -0.15) is 0 Å². The maximum atomic E-state index is 12.3. The van der Waals surface area contributed by atoms with E-state index in [1.54, 1.807) is 0 Å². The molecule has 1 unspecified atom stereocenters. The van der Waals surface area contributed by atoms with Crippen LogP contribution in [0.25, 0.3) is 0 Å². The first-order chi connectivity index (χ1) is 9.97. The fourth-order valence-electron chi connectivity index (χ4n) is 2.99. The summed E-state index contributed by atoms with van der Waals surface area (Å²) in [6, 6.07) is 4.29. The van der Waals surface area contributed by atoms with Gasteiger partial charge in [0.1, 0.15) is 6.04 Å². The van der Waals surface area contributed by atoms with Crippen molar-refractivity contribution in [2.75, 3.05) is 5.32 Å². The van der Waals surface area contributed by atoms with Crippen LogP contribution in [0.3, 0.4) is 0 Å². The van der Waals surface area contributed by atoms with Crippen LogP contribution in [0.15, 0.2) is 16.6 Å². The molecule has 2 N–H and O–H groups in total. The second-order valence-electron chi connectivity index (χ2n) is 6.12. The zero-order valence-electron chi connectivity index (χ0n) is 13.1. The average Bonchev–Trinajstić information content (AvgIpc) is 2.43. The molecule has 21 heavy (non-hydrogen) atoms. The molecule has 0 heterocycles. The largest absolute Gasteiger partial charge is 0.373 e. The van der Waals surface area contributed by atoms with E-state index >= 15 is 0 Å². The maximum absolute atomic E-state index is 12.3. The van der Waals surface area contributed by atoms with Crippen molar-refractivity contribution in [1.82, 2.24) is 5.32 Å². The molecule has 0 radical (unpaired) electrons. The van der Waals surface area contributed by atoms with Gasteiger partial charge < -0.3 is 10.6 Å². The van der Waals surface area contributed by atoms with Gasteiger partial charge in [-0.05, 0) is 56.9 Å². The van der Waals surface area contributed by atoms with Crippen LogP contribution >= 0.6 is 15.9 Å². The Labute approximate surface area is 136 Å². The summed E-state index contributed by atoms with van der Waals surface area (Å²) < 4.78 is 1.07. The highest BCUT2D eigenvalue weighted by Gasteiger charge is 2.20. The van der Waals surface area contributed by atoms with Crippen molar-refractivity contribution in [2.24, 2.45) is 0 Å². The molecular formula is C17H25BrN2O. The molecule has 1 fully saturated rings. The summed E-state index contributed by atoms with van der Waals surface area (Å²) in [5, 5.41) is 6.54. The van der Waals surface area contributed by atoms with E-state index in [2.05, 4.69) is 52.5 Å². The van der Waals surface area contributed by atoms with Crippen LogP contribution < -0.4 is 10.6 Å². The number of hydrogen-bond donors (Lipinski definition) is 2. The smallest absolute Gasteiger partial charge is 0.242 e. The quantitative estimate of drug-likeness (QED) is 0.847. The van der Waals surface area contributed by atoms with Gasteiger partial charge in [0.25, 0.3) is 0 Å². The summed E-state index contributed by atoms with van der Waals surface area (Å²) in [4.78, 5) is 12.3. The van der Waals surface area contributed by atoms with Crippen molar-refractivity contribution in [3.8, 4) is 0 Å². The average molecular weight is 353 g/mol. The summed E-state index contributed by atoms with van der Waals surface area (Å²) in [5.41, 5.74) is 3.36. The lowest BCUT2D eigenvalue weighted by atomic mass is 9.95. The van der Waals surface area contributed by atoms with Crippen molar-refractivity contribution < 1.29 is 4.79 Å². The van der Waals surface area contributed by atoms with Crippen molar-refractivity contribution in [3.05, 3.63) is 27.7 Å². The van der Waals surface area contributed by atoms with Crippen molar-refractivity contribution in [3.63, 3.8) is 0 Å². The highest BCUT2D eigenvalue weighted by atomic mass is 79.9. The summed E-state index contributed by atoms with van der Waals surface area (Å²) in [5.74, 6) is 0.101. The van der Waals surface area contributed by atoms with Crippen LogP contribution in [0.2, 0.25) is 0 Å². The SMILES string of the molecule is Cc1cc(Br)cc(C)c1NC(C)C(=O)NC1CCCCC1. The number of amides is 1. The lowest BCUT2D eigenvalue weighted by Gasteiger charge is -2.25. The standard InChI is InChI=1S/C17H25BrN2O/c1-11-9-14(18)10-12(2)16(11)19-13(3)17(21)20-15-7-5-4-6-8-15/h9-10,13,15,19H,4-8H2,1-3H3,(H,20,21). The first-order valence-corrected chi connectivity index (χ1v) is 8.60. The lowest BCUT2D eigenvalue weighted by molar-refractivity contribution is -0.122. The third kappa shape index (κ3) is 4.47. The minimum absolute atomic E-state index is 0.101. The van der Waals surface area contributed by atoms with E-state index in [9.17, 15) is 4.79 Å². The predicted octanol–water partition coefficient (Wildman–Crippen LogP) is 4.32. The summed E-state index contributed by atoms with van der Waals surface area (Å²) in [7, 11) is 0. The monoisotopic (exact) mass is 352 g/mol. The Morgan fingerprint density at radius 1 is 1.19 bits per heavy atom.